The molecule has 2 aliphatic rings. The quantitative estimate of drug-likeness (QED) is 0.0387. The van der Waals surface area contributed by atoms with Gasteiger partial charge in [0.15, 0.2) is 12.6 Å². The Kier molecular flexibility index (Phi) is 23.0. The zero-order valence-corrected chi connectivity index (χ0v) is 29.4. The lowest BCUT2D eigenvalue weighted by Crippen LogP contribution is -2.61. The Morgan fingerprint density at radius 2 is 1.18 bits per heavy atom. The Hall–Kier alpha value is -1.27. The molecule has 0 aromatic rings. The minimum Gasteiger partial charge on any atom is -0.457 e. The van der Waals surface area contributed by atoms with E-state index in [1.165, 1.54) is 57.8 Å². The molecular formula is C35H64O14. The van der Waals surface area contributed by atoms with Gasteiger partial charge in [-0.05, 0) is 32.1 Å². The van der Waals surface area contributed by atoms with Crippen molar-refractivity contribution in [2.75, 3.05) is 33.0 Å². The van der Waals surface area contributed by atoms with Crippen LogP contribution in [0.3, 0.4) is 0 Å². The van der Waals surface area contributed by atoms with Crippen LogP contribution in [0.1, 0.15) is 104 Å². The van der Waals surface area contributed by atoms with E-state index in [0.717, 1.165) is 25.7 Å². The van der Waals surface area contributed by atoms with Gasteiger partial charge >= 0.3 is 5.97 Å². The van der Waals surface area contributed by atoms with Crippen molar-refractivity contribution in [3.63, 3.8) is 0 Å². The molecule has 2 fully saturated rings. The van der Waals surface area contributed by atoms with Gasteiger partial charge in [0.2, 0.25) is 0 Å². The van der Waals surface area contributed by atoms with Crippen LogP contribution in [-0.4, -0.2) is 142 Å². The van der Waals surface area contributed by atoms with E-state index in [9.17, 15) is 40.5 Å². The lowest BCUT2D eigenvalue weighted by molar-refractivity contribution is -0.332. The van der Waals surface area contributed by atoms with Crippen LogP contribution in [0.5, 0.6) is 0 Å². The van der Waals surface area contributed by atoms with Gasteiger partial charge in [-0.15, -0.1) is 0 Å². The SMILES string of the molecule is CCCCCCC/C=C\CCCCCCCCOCC(COC1OC(COC2OC(CO)C(O)C(O)C2O)C(O)C(O)C1O)OC(=O)CC. The Bertz CT molecular complexity index is 875. The second-order valence-electron chi connectivity index (χ2n) is 13.0. The molecule has 0 aromatic carbocycles. The fraction of sp³-hybridized carbons (Fsp3) is 0.914. The number of carbonyl (C=O) groups is 1. The molecule has 0 amide bonds. The molecule has 11 unspecified atom stereocenters. The number of rotatable bonds is 26. The lowest BCUT2D eigenvalue weighted by Gasteiger charge is -2.42. The van der Waals surface area contributed by atoms with Crippen LogP contribution >= 0.6 is 0 Å². The van der Waals surface area contributed by atoms with Crippen molar-refractivity contribution in [1.82, 2.24) is 0 Å². The summed E-state index contributed by atoms with van der Waals surface area (Å²) in [6, 6.07) is 0. The number of allylic oxidation sites excluding steroid dienone is 2. The average molecular weight is 709 g/mol. The maximum absolute atomic E-state index is 12.0. The summed E-state index contributed by atoms with van der Waals surface area (Å²) in [6.07, 6.45) is 4.12. The van der Waals surface area contributed by atoms with E-state index < -0.39 is 86.7 Å². The first-order valence-corrected chi connectivity index (χ1v) is 18.3. The van der Waals surface area contributed by atoms with E-state index in [4.69, 9.17) is 28.4 Å². The molecule has 49 heavy (non-hydrogen) atoms. The molecule has 14 heteroatoms. The number of esters is 1. The van der Waals surface area contributed by atoms with Gasteiger partial charge in [-0.25, -0.2) is 0 Å². The highest BCUT2D eigenvalue weighted by Gasteiger charge is 2.47. The highest BCUT2D eigenvalue weighted by molar-refractivity contribution is 5.69. The highest BCUT2D eigenvalue weighted by Crippen LogP contribution is 2.26. The molecule has 11 atom stereocenters. The molecule has 0 spiro atoms. The summed E-state index contributed by atoms with van der Waals surface area (Å²) in [7, 11) is 0. The van der Waals surface area contributed by atoms with Crippen molar-refractivity contribution < 1.29 is 69.0 Å². The van der Waals surface area contributed by atoms with Crippen LogP contribution in [-0.2, 0) is 33.2 Å². The van der Waals surface area contributed by atoms with Crippen LogP contribution in [0, 0.1) is 0 Å². The van der Waals surface area contributed by atoms with Crippen molar-refractivity contribution in [1.29, 1.82) is 0 Å². The summed E-state index contributed by atoms with van der Waals surface area (Å²) >= 11 is 0. The second-order valence-corrected chi connectivity index (χ2v) is 13.0. The third-order valence-corrected chi connectivity index (χ3v) is 8.83. The predicted octanol–water partition coefficient (Wildman–Crippen LogP) is 1.61. The molecule has 14 nitrogen and oxygen atoms in total. The van der Waals surface area contributed by atoms with Crippen molar-refractivity contribution >= 4 is 5.97 Å². The number of unbranched alkanes of at least 4 members (excludes halogenated alkanes) is 11. The summed E-state index contributed by atoms with van der Waals surface area (Å²) in [5.74, 6) is -0.467. The fourth-order valence-electron chi connectivity index (χ4n) is 5.66. The van der Waals surface area contributed by atoms with Gasteiger partial charge in [0.25, 0.3) is 0 Å². The molecule has 2 saturated heterocycles. The molecule has 2 rings (SSSR count). The minimum atomic E-state index is -1.70. The van der Waals surface area contributed by atoms with Gasteiger partial charge in [0.1, 0.15) is 54.9 Å². The maximum atomic E-state index is 12.0. The Balaban J connectivity index is 1.69. The van der Waals surface area contributed by atoms with E-state index in [1.807, 2.05) is 0 Å². The first-order valence-electron chi connectivity index (χ1n) is 18.3. The molecule has 2 aliphatic heterocycles. The molecule has 2 heterocycles. The molecule has 288 valence electrons. The summed E-state index contributed by atoms with van der Waals surface area (Å²) < 4.78 is 33.2. The summed E-state index contributed by atoms with van der Waals surface area (Å²) in [5, 5.41) is 70.9. The number of hydrogen-bond donors (Lipinski definition) is 7. The first kappa shape index (κ1) is 43.9. The topological polar surface area (TPSA) is 214 Å². The molecule has 0 aromatic heterocycles. The van der Waals surface area contributed by atoms with Gasteiger partial charge in [0, 0.05) is 13.0 Å². The zero-order chi connectivity index (χ0) is 36.0. The van der Waals surface area contributed by atoms with E-state index in [2.05, 4.69) is 19.1 Å². The average Bonchev–Trinajstić information content (AvgIpc) is 3.10. The number of carbonyl (C=O) groups excluding carboxylic acids is 1. The maximum Gasteiger partial charge on any atom is 0.305 e. The Morgan fingerprint density at radius 1 is 0.653 bits per heavy atom. The van der Waals surface area contributed by atoms with E-state index >= 15 is 0 Å². The van der Waals surface area contributed by atoms with E-state index in [0.29, 0.717) is 6.61 Å². The molecular weight excluding hydrogens is 644 g/mol. The van der Waals surface area contributed by atoms with Gasteiger partial charge in [-0.2, -0.15) is 0 Å². The van der Waals surface area contributed by atoms with Crippen molar-refractivity contribution in [2.24, 2.45) is 0 Å². The minimum absolute atomic E-state index is 0.0499. The van der Waals surface area contributed by atoms with Crippen molar-refractivity contribution in [3.05, 3.63) is 12.2 Å². The normalized spacial score (nSPS) is 31.3. The molecule has 0 bridgehead atoms. The highest BCUT2D eigenvalue weighted by atomic mass is 16.7. The summed E-state index contributed by atoms with van der Waals surface area (Å²) in [6.45, 7) is 3.04. The Morgan fingerprint density at radius 3 is 1.78 bits per heavy atom. The fourth-order valence-corrected chi connectivity index (χ4v) is 5.66. The third kappa shape index (κ3) is 16.3. The van der Waals surface area contributed by atoms with Crippen LogP contribution in [0.15, 0.2) is 12.2 Å². The standard InChI is InChI=1S/C35H64O14/c1-3-5-6-7-8-9-10-11-12-13-14-15-16-17-18-19-44-21-24(47-27(37)4-2)22-45-34-33(43)31(41)29(39)26(49-34)23-46-35-32(42)30(40)28(38)25(20-36)48-35/h10-11,24-26,28-36,38-43H,3-9,12-23H2,1-2H3/b11-10-. The second kappa shape index (κ2) is 25.6. The smallest absolute Gasteiger partial charge is 0.305 e. The van der Waals surface area contributed by atoms with Crippen LogP contribution in [0.2, 0.25) is 0 Å². The predicted molar refractivity (Wildman–Crippen MR) is 178 cm³/mol. The summed E-state index contributed by atoms with van der Waals surface area (Å²) in [5.41, 5.74) is 0. The Labute approximate surface area is 291 Å². The third-order valence-electron chi connectivity index (χ3n) is 8.83. The van der Waals surface area contributed by atoms with Crippen LogP contribution in [0.4, 0.5) is 0 Å². The largest absolute Gasteiger partial charge is 0.457 e. The molecule has 0 radical (unpaired) electrons. The van der Waals surface area contributed by atoms with Gasteiger partial charge < -0.3 is 64.2 Å². The van der Waals surface area contributed by atoms with Gasteiger partial charge in [-0.1, -0.05) is 77.4 Å². The number of hydrogen-bond acceptors (Lipinski definition) is 14. The molecule has 7 N–H and O–H groups in total. The molecule has 0 saturated carbocycles. The lowest BCUT2D eigenvalue weighted by atomic mass is 9.98. The van der Waals surface area contributed by atoms with Gasteiger partial charge in [0.05, 0.1) is 26.4 Å². The van der Waals surface area contributed by atoms with Crippen LogP contribution < -0.4 is 0 Å². The summed E-state index contributed by atoms with van der Waals surface area (Å²) in [4.78, 5) is 12.0. The number of aliphatic hydroxyl groups excluding tert-OH is 7. The monoisotopic (exact) mass is 708 g/mol. The van der Waals surface area contributed by atoms with E-state index in [-0.39, 0.29) is 19.6 Å². The zero-order valence-electron chi connectivity index (χ0n) is 29.4. The van der Waals surface area contributed by atoms with Crippen molar-refractivity contribution in [3.8, 4) is 0 Å². The molecule has 0 aliphatic carbocycles. The van der Waals surface area contributed by atoms with Crippen LogP contribution in [0.25, 0.3) is 0 Å². The number of aliphatic hydroxyl groups is 7. The first-order chi connectivity index (χ1) is 23.6. The number of ether oxygens (including phenoxy) is 6. The van der Waals surface area contributed by atoms with Crippen molar-refractivity contribution in [2.45, 2.75) is 171 Å². The van der Waals surface area contributed by atoms with Gasteiger partial charge in [-0.3, -0.25) is 4.79 Å². The van der Waals surface area contributed by atoms with E-state index in [1.54, 1.807) is 6.92 Å².